The van der Waals surface area contributed by atoms with E-state index in [2.05, 4.69) is 128 Å². The van der Waals surface area contributed by atoms with E-state index < -0.39 is 0 Å². The van der Waals surface area contributed by atoms with E-state index in [1.807, 2.05) is 18.5 Å². The molecule has 0 aliphatic carbocycles. The van der Waals surface area contributed by atoms with Crippen LogP contribution in [0.15, 0.2) is 132 Å². The van der Waals surface area contributed by atoms with Crippen molar-refractivity contribution in [1.29, 1.82) is 0 Å². The Morgan fingerprint density at radius 1 is 0.524 bits per heavy atom. The molecule has 10 rings (SSSR count). The summed E-state index contributed by atoms with van der Waals surface area (Å²) in [6, 6.07) is 40.1. The van der Waals surface area contributed by atoms with Gasteiger partial charge in [0.15, 0.2) is 5.58 Å². The van der Waals surface area contributed by atoms with Crippen molar-refractivity contribution in [2.45, 2.75) is 0 Å². The molecule has 0 amide bonds. The molecule has 0 fully saturated rings. The maximum Gasteiger partial charge on any atom is 0.220 e. The Balaban J connectivity index is 1.34. The van der Waals surface area contributed by atoms with Gasteiger partial charge in [0.25, 0.3) is 0 Å². The summed E-state index contributed by atoms with van der Waals surface area (Å²) >= 11 is 0. The summed E-state index contributed by atoms with van der Waals surface area (Å²) in [6.45, 7) is 0. The molecule has 0 saturated heterocycles. The standard InChI is InChI=1S/C36H21N5O/c1-3-12-26-22(9-1)24-21-37-20-19-27(24)39(26)32-17-7-10-23-34-31(16-8-18-33(34)42-35(23)32)41-30-15-6-5-14-29(30)40-28-13-4-2-11-25(28)38-36(40)41/h1-21H. The maximum absolute atomic E-state index is 6.75. The molecule has 0 unspecified atom stereocenters. The Kier molecular flexibility index (Phi) is 4.10. The Bertz CT molecular complexity index is 2650. The summed E-state index contributed by atoms with van der Waals surface area (Å²) in [6.07, 6.45) is 3.80. The minimum Gasteiger partial charge on any atom is -0.454 e. The highest BCUT2D eigenvalue weighted by molar-refractivity contribution is 6.15. The Morgan fingerprint density at radius 3 is 2.17 bits per heavy atom. The Hall–Kier alpha value is -5.88. The van der Waals surface area contributed by atoms with Gasteiger partial charge in [0, 0.05) is 28.6 Å². The lowest BCUT2D eigenvalue weighted by Gasteiger charge is -2.09. The van der Waals surface area contributed by atoms with Crippen LogP contribution in [0.3, 0.4) is 0 Å². The molecule has 0 bridgehead atoms. The van der Waals surface area contributed by atoms with Crippen LogP contribution in [0, 0.1) is 0 Å². The third-order valence-corrected chi connectivity index (χ3v) is 8.54. The molecule has 196 valence electrons. The molecule has 5 heterocycles. The fourth-order valence-corrected chi connectivity index (χ4v) is 6.84. The van der Waals surface area contributed by atoms with E-state index in [4.69, 9.17) is 9.40 Å². The van der Waals surface area contributed by atoms with Gasteiger partial charge in [-0.05, 0) is 54.6 Å². The first-order chi connectivity index (χ1) is 20.9. The number of aromatic nitrogens is 5. The number of imidazole rings is 2. The highest BCUT2D eigenvalue weighted by Gasteiger charge is 2.22. The van der Waals surface area contributed by atoms with E-state index in [0.717, 1.165) is 77.6 Å². The molecule has 0 atom stereocenters. The van der Waals surface area contributed by atoms with Gasteiger partial charge in [-0.1, -0.05) is 60.7 Å². The molecule has 6 nitrogen and oxygen atoms in total. The van der Waals surface area contributed by atoms with Crippen molar-refractivity contribution in [3.63, 3.8) is 0 Å². The first-order valence-electron chi connectivity index (χ1n) is 14.0. The molecule has 0 aliphatic heterocycles. The average Bonchev–Trinajstić information content (AvgIpc) is 3.78. The van der Waals surface area contributed by atoms with E-state index in [0.29, 0.717) is 0 Å². The number of pyridine rings is 1. The zero-order valence-corrected chi connectivity index (χ0v) is 22.3. The second-order valence-electron chi connectivity index (χ2n) is 10.7. The molecule has 0 saturated carbocycles. The van der Waals surface area contributed by atoms with Crippen LogP contribution in [-0.2, 0) is 0 Å². The Morgan fingerprint density at radius 2 is 1.24 bits per heavy atom. The topological polar surface area (TPSA) is 53.2 Å². The van der Waals surface area contributed by atoms with Crippen LogP contribution in [-0.4, -0.2) is 23.5 Å². The minimum atomic E-state index is 0.837. The molecule has 0 aliphatic rings. The molecular weight excluding hydrogens is 518 g/mol. The van der Waals surface area contributed by atoms with Gasteiger partial charge in [-0.25, -0.2) is 4.98 Å². The lowest BCUT2D eigenvalue weighted by Crippen LogP contribution is -1.96. The predicted octanol–water partition coefficient (Wildman–Crippen LogP) is 8.82. The summed E-state index contributed by atoms with van der Waals surface area (Å²) < 4.78 is 13.6. The predicted molar refractivity (Wildman–Crippen MR) is 169 cm³/mol. The van der Waals surface area contributed by atoms with Crippen LogP contribution in [0.5, 0.6) is 0 Å². The number of rotatable bonds is 2. The molecule has 5 aromatic carbocycles. The lowest BCUT2D eigenvalue weighted by molar-refractivity contribution is 0.666. The van der Waals surface area contributed by atoms with E-state index in [1.54, 1.807) is 0 Å². The number of hydrogen-bond donors (Lipinski definition) is 0. The summed E-state index contributed by atoms with van der Waals surface area (Å²) in [4.78, 5) is 9.54. The number of fused-ring (bicyclic) bond motifs is 11. The smallest absolute Gasteiger partial charge is 0.220 e. The first-order valence-corrected chi connectivity index (χ1v) is 14.0. The monoisotopic (exact) mass is 539 g/mol. The molecular formula is C36H21N5O. The normalized spacial score (nSPS) is 12.3. The highest BCUT2D eigenvalue weighted by Crippen LogP contribution is 2.41. The van der Waals surface area contributed by atoms with Gasteiger partial charge in [0.2, 0.25) is 5.78 Å². The van der Waals surface area contributed by atoms with E-state index in [-0.39, 0.29) is 0 Å². The van der Waals surface area contributed by atoms with Crippen LogP contribution < -0.4 is 0 Å². The van der Waals surface area contributed by atoms with Gasteiger partial charge in [0.05, 0.1) is 49.9 Å². The molecule has 0 radical (unpaired) electrons. The van der Waals surface area contributed by atoms with Gasteiger partial charge >= 0.3 is 0 Å². The SMILES string of the molecule is c1ccc2c(c1)nc1n(-c3cccc4oc5c(-n6c7ccccc7c7cnccc76)cccc5c34)c3ccccc3n21. The zero-order valence-electron chi connectivity index (χ0n) is 22.3. The quantitative estimate of drug-likeness (QED) is 0.221. The molecule has 10 aromatic rings. The van der Waals surface area contributed by atoms with Crippen molar-refractivity contribution >= 4 is 71.6 Å². The average molecular weight is 540 g/mol. The lowest BCUT2D eigenvalue weighted by atomic mass is 10.1. The fourth-order valence-electron chi connectivity index (χ4n) is 6.84. The van der Waals surface area contributed by atoms with Crippen LogP contribution in [0.25, 0.3) is 83.0 Å². The van der Waals surface area contributed by atoms with Gasteiger partial charge in [-0.2, -0.15) is 0 Å². The van der Waals surface area contributed by atoms with Crippen molar-refractivity contribution in [2.75, 3.05) is 0 Å². The zero-order chi connectivity index (χ0) is 27.4. The number of benzene rings is 5. The second-order valence-corrected chi connectivity index (χ2v) is 10.7. The van der Waals surface area contributed by atoms with Crippen LogP contribution >= 0.6 is 0 Å². The summed E-state index contributed by atoms with van der Waals surface area (Å²) in [5, 5.41) is 4.41. The van der Waals surface area contributed by atoms with Gasteiger partial charge in [-0.15, -0.1) is 0 Å². The minimum absolute atomic E-state index is 0.837. The van der Waals surface area contributed by atoms with E-state index in [1.165, 1.54) is 5.39 Å². The molecule has 5 aromatic heterocycles. The third-order valence-electron chi connectivity index (χ3n) is 8.54. The van der Waals surface area contributed by atoms with Crippen molar-refractivity contribution in [3.05, 3.63) is 128 Å². The van der Waals surface area contributed by atoms with Crippen molar-refractivity contribution in [2.24, 2.45) is 0 Å². The molecule has 6 heteroatoms. The maximum atomic E-state index is 6.75. The van der Waals surface area contributed by atoms with Crippen molar-refractivity contribution in [1.82, 2.24) is 23.5 Å². The molecule has 42 heavy (non-hydrogen) atoms. The molecule has 0 N–H and O–H groups in total. The largest absolute Gasteiger partial charge is 0.454 e. The second kappa shape index (κ2) is 7.86. The van der Waals surface area contributed by atoms with Crippen molar-refractivity contribution < 1.29 is 4.42 Å². The number of nitrogens with zero attached hydrogens (tertiary/aromatic N) is 5. The van der Waals surface area contributed by atoms with Crippen LogP contribution in [0.2, 0.25) is 0 Å². The van der Waals surface area contributed by atoms with Gasteiger partial charge < -0.3 is 8.98 Å². The number of furan rings is 1. The van der Waals surface area contributed by atoms with Gasteiger partial charge in [0.1, 0.15) is 5.58 Å². The fraction of sp³-hybridized carbons (Fsp3) is 0. The molecule has 0 spiro atoms. The Labute approximate surface area is 238 Å². The summed E-state index contributed by atoms with van der Waals surface area (Å²) in [5.41, 5.74) is 10.2. The highest BCUT2D eigenvalue weighted by atomic mass is 16.3. The number of para-hydroxylation sites is 6. The summed E-state index contributed by atoms with van der Waals surface area (Å²) in [7, 11) is 0. The van der Waals surface area contributed by atoms with E-state index >= 15 is 0 Å². The van der Waals surface area contributed by atoms with E-state index in [9.17, 15) is 0 Å². The van der Waals surface area contributed by atoms with Crippen LogP contribution in [0.4, 0.5) is 0 Å². The first kappa shape index (κ1) is 21.9. The third kappa shape index (κ3) is 2.68. The number of hydrogen-bond acceptors (Lipinski definition) is 3. The van der Waals surface area contributed by atoms with Crippen LogP contribution in [0.1, 0.15) is 0 Å². The van der Waals surface area contributed by atoms with Gasteiger partial charge in [-0.3, -0.25) is 14.0 Å². The summed E-state index contributed by atoms with van der Waals surface area (Å²) in [5.74, 6) is 0.880. The van der Waals surface area contributed by atoms with Crippen molar-refractivity contribution in [3.8, 4) is 11.4 Å².